The van der Waals surface area contributed by atoms with E-state index >= 15 is 0 Å². The van der Waals surface area contributed by atoms with Gasteiger partial charge in [0.2, 0.25) is 5.82 Å². The molecule has 1 saturated heterocycles. The van der Waals surface area contributed by atoms with E-state index in [0.29, 0.717) is 5.82 Å². The van der Waals surface area contributed by atoms with Crippen LogP contribution in [-0.4, -0.2) is 47.5 Å². The number of ether oxygens (including phenoxy) is 2. The molecule has 2 aromatic heterocycles. The first-order chi connectivity index (χ1) is 11.1. The van der Waals surface area contributed by atoms with Crippen molar-refractivity contribution in [3.05, 3.63) is 24.2 Å². The molecule has 2 N–H and O–H groups in total. The number of amides is 1. The summed E-state index contributed by atoms with van der Waals surface area (Å²) in [5.41, 5.74) is 5.73. The number of methoxy groups -OCH3 is 1. The molecule has 1 amide bonds. The number of nitrogens with two attached hydrogens (primary N) is 1. The molecule has 1 atom stereocenters. The average Bonchev–Trinajstić information content (AvgIpc) is 2.96. The minimum Gasteiger partial charge on any atom is -0.437 e. The quantitative estimate of drug-likeness (QED) is 0.871. The van der Waals surface area contributed by atoms with Crippen molar-refractivity contribution in [2.75, 3.05) is 25.1 Å². The van der Waals surface area contributed by atoms with E-state index < -0.39 is 12.2 Å². The van der Waals surface area contributed by atoms with Gasteiger partial charge in [0.25, 0.3) is 5.89 Å². The van der Waals surface area contributed by atoms with Crippen LogP contribution >= 0.6 is 0 Å². The predicted octanol–water partition coefficient (Wildman–Crippen LogP) is 1.12. The zero-order chi connectivity index (χ0) is 16.4. The maximum Gasteiger partial charge on any atom is 0.405 e. The van der Waals surface area contributed by atoms with E-state index in [1.807, 2.05) is 6.07 Å². The molecule has 9 nitrogen and oxygen atoms in total. The van der Waals surface area contributed by atoms with Crippen molar-refractivity contribution in [2.24, 2.45) is 5.73 Å². The number of rotatable bonds is 5. The first-order valence-electron chi connectivity index (χ1n) is 7.10. The van der Waals surface area contributed by atoms with Crippen LogP contribution in [0.25, 0.3) is 11.4 Å². The van der Waals surface area contributed by atoms with Gasteiger partial charge in [-0.25, -0.2) is 9.78 Å². The molecule has 0 radical (unpaired) electrons. The summed E-state index contributed by atoms with van der Waals surface area (Å²) >= 11 is 0. The Morgan fingerprint density at radius 3 is 3.00 bits per heavy atom. The Morgan fingerprint density at radius 1 is 1.52 bits per heavy atom. The highest BCUT2D eigenvalue weighted by molar-refractivity contribution is 5.65. The van der Waals surface area contributed by atoms with Crippen LogP contribution in [0.3, 0.4) is 0 Å². The third-order valence-corrected chi connectivity index (χ3v) is 3.59. The topological polar surface area (TPSA) is 117 Å². The van der Waals surface area contributed by atoms with Gasteiger partial charge in [-0.1, -0.05) is 5.16 Å². The van der Waals surface area contributed by atoms with Crippen molar-refractivity contribution in [2.45, 2.75) is 19.1 Å². The number of hydrogen-bond donors (Lipinski definition) is 1. The highest BCUT2D eigenvalue weighted by Crippen LogP contribution is 2.25. The van der Waals surface area contributed by atoms with Gasteiger partial charge in [0.05, 0.1) is 6.10 Å². The van der Waals surface area contributed by atoms with Crippen LogP contribution < -0.4 is 10.6 Å². The lowest BCUT2D eigenvalue weighted by atomic mass is 10.1. The molecule has 0 aliphatic carbocycles. The largest absolute Gasteiger partial charge is 0.437 e. The van der Waals surface area contributed by atoms with Crippen molar-refractivity contribution in [1.82, 2.24) is 15.1 Å². The van der Waals surface area contributed by atoms with Gasteiger partial charge in [0.1, 0.15) is 5.82 Å². The molecule has 0 saturated carbocycles. The van der Waals surface area contributed by atoms with E-state index in [1.165, 1.54) is 0 Å². The second-order valence-corrected chi connectivity index (χ2v) is 5.20. The fourth-order valence-corrected chi connectivity index (χ4v) is 2.25. The van der Waals surface area contributed by atoms with E-state index in [4.69, 9.17) is 19.7 Å². The van der Waals surface area contributed by atoms with E-state index in [1.54, 1.807) is 26.3 Å². The minimum atomic E-state index is -0.895. The third kappa shape index (κ3) is 3.24. The molecule has 1 aliphatic heterocycles. The number of pyridine rings is 1. The molecular weight excluding hydrogens is 302 g/mol. The number of carbonyl (C=O) groups is 1. The van der Waals surface area contributed by atoms with Gasteiger partial charge >= 0.3 is 6.09 Å². The minimum absolute atomic E-state index is 0.181. The second-order valence-electron chi connectivity index (χ2n) is 5.20. The van der Waals surface area contributed by atoms with Crippen molar-refractivity contribution in [3.63, 3.8) is 0 Å². The molecular formula is C14H17N5O4. The maximum atomic E-state index is 10.8. The van der Waals surface area contributed by atoms with Crippen LogP contribution in [0, 0.1) is 0 Å². The highest BCUT2D eigenvalue weighted by Gasteiger charge is 2.27. The number of nitrogens with zero attached hydrogens (tertiary/aromatic N) is 4. The Hall–Kier alpha value is -2.68. The fourth-order valence-electron chi connectivity index (χ4n) is 2.25. The lowest BCUT2D eigenvalue weighted by Crippen LogP contribution is -2.52. The first kappa shape index (κ1) is 15.2. The SMILES string of the molecule is COC1CN(c2cc(-c3noc([C@H](C)OC(N)=O)n3)ccn2)C1. The lowest BCUT2D eigenvalue weighted by molar-refractivity contribution is 0.0783. The molecule has 23 heavy (non-hydrogen) atoms. The van der Waals surface area contributed by atoms with Crippen molar-refractivity contribution < 1.29 is 18.8 Å². The smallest absolute Gasteiger partial charge is 0.405 e. The Morgan fingerprint density at radius 2 is 2.30 bits per heavy atom. The number of primary amides is 1. The van der Waals surface area contributed by atoms with Crippen LogP contribution in [-0.2, 0) is 9.47 Å². The zero-order valence-electron chi connectivity index (χ0n) is 12.8. The van der Waals surface area contributed by atoms with Gasteiger partial charge in [-0.2, -0.15) is 4.98 Å². The van der Waals surface area contributed by atoms with E-state index in [0.717, 1.165) is 24.5 Å². The Bertz CT molecular complexity index is 698. The summed E-state index contributed by atoms with van der Waals surface area (Å²) in [4.78, 5) is 21.4. The maximum absolute atomic E-state index is 10.8. The highest BCUT2D eigenvalue weighted by atomic mass is 16.6. The molecule has 3 rings (SSSR count). The molecule has 3 heterocycles. The van der Waals surface area contributed by atoms with Crippen LogP contribution in [0.5, 0.6) is 0 Å². The van der Waals surface area contributed by atoms with Crippen LogP contribution in [0.15, 0.2) is 22.9 Å². The van der Waals surface area contributed by atoms with Crippen molar-refractivity contribution in [3.8, 4) is 11.4 Å². The molecule has 122 valence electrons. The third-order valence-electron chi connectivity index (χ3n) is 3.59. The van der Waals surface area contributed by atoms with Gasteiger partial charge in [0.15, 0.2) is 6.10 Å². The lowest BCUT2D eigenvalue weighted by Gasteiger charge is -2.39. The van der Waals surface area contributed by atoms with Gasteiger partial charge < -0.3 is 24.6 Å². The molecule has 0 spiro atoms. The van der Waals surface area contributed by atoms with Crippen molar-refractivity contribution in [1.29, 1.82) is 0 Å². The van der Waals surface area contributed by atoms with Gasteiger partial charge in [0, 0.05) is 32.0 Å². The summed E-state index contributed by atoms with van der Waals surface area (Å²) in [6, 6.07) is 3.66. The van der Waals surface area contributed by atoms with Crippen LogP contribution in [0.2, 0.25) is 0 Å². The van der Waals surface area contributed by atoms with Crippen molar-refractivity contribution >= 4 is 11.9 Å². The molecule has 1 aliphatic rings. The Labute approximate surface area is 132 Å². The second kappa shape index (κ2) is 6.21. The number of carbonyl (C=O) groups excluding carboxylic acids is 1. The van der Waals surface area contributed by atoms with E-state index in [9.17, 15) is 4.79 Å². The van der Waals surface area contributed by atoms with E-state index in [2.05, 4.69) is 20.0 Å². The monoisotopic (exact) mass is 319 g/mol. The summed E-state index contributed by atoms with van der Waals surface area (Å²) in [6.45, 7) is 3.20. The average molecular weight is 319 g/mol. The first-order valence-corrected chi connectivity index (χ1v) is 7.10. The zero-order valence-corrected chi connectivity index (χ0v) is 12.8. The number of aromatic nitrogens is 3. The Kier molecular flexibility index (Phi) is 4.11. The predicted molar refractivity (Wildman–Crippen MR) is 79.6 cm³/mol. The summed E-state index contributed by atoms with van der Waals surface area (Å²) in [7, 11) is 1.70. The molecule has 0 bridgehead atoms. The van der Waals surface area contributed by atoms with Crippen LogP contribution in [0.4, 0.5) is 10.6 Å². The molecule has 1 fully saturated rings. The van der Waals surface area contributed by atoms with E-state index in [-0.39, 0.29) is 12.0 Å². The number of anilines is 1. The normalized spacial score (nSPS) is 16.0. The summed E-state index contributed by atoms with van der Waals surface area (Å²) in [5.74, 6) is 1.40. The van der Waals surface area contributed by atoms with Gasteiger partial charge in [-0.05, 0) is 19.1 Å². The van der Waals surface area contributed by atoms with Gasteiger partial charge in [-0.3, -0.25) is 0 Å². The molecule has 9 heteroatoms. The molecule has 0 unspecified atom stereocenters. The summed E-state index contributed by atoms with van der Waals surface area (Å²) < 4.78 is 15.2. The van der Waals surface area contributed by atoms with Gasteiger partial charge in [-0.15, -0.1) is 0 Å². The Balaban J connectivity index is 1.75. The molecule has 0 aromatic carbocycles. The standard InChI is InChI=1S/C14H17N5O4/c1-8(22-14(15)20)13-17-12(18-23-13)9-3-4-16-11(5-9)19-6-10(7-19)21-2/h3-5,8,10H,6-7H2,1-2H3,(H2,15,20)/t8-/m0/s1. The summed E-state index contributed by atoms with van der Waals surface area (Å²) in [6.07, 6.45) is 0.329. The molecule has 2 aromatic rings. The van der Waals surface area contributed by atoms with Crippen LogP contribution in [0.1, 0.15) is 18.9 Å². The number of hydrogen-bond acceptors (Lipinski definition) is 8. The fraction of sp³-hybridized carbons (Fsp3) is 0.429. The summed E-state index contributed by atoms with van der Waals surface area (Å²) in [5, 5.41) is 3.90.